The number of carbonyl (C=O) groups excluding carboxylic acids is 2. The molecule has 0 N–H and O–H groups in total. The van der Waals surface area contributed by atoms with Crippen LogP contribution in [0.5, 0.6) is 0 Å². The van der Waals surface area contributed by atoms with Crippen LogP contribution < -0.4 is 0 Å². The predicted octanol–water partition coefficient (Wildman–Crippen LogP) is 1.89. The lowest BCUT2D eigenvalue weighted by Crippen LogP contribution is -2.33. The fraction of sp³-hybridized carbons (Fsp3) is 0.312. The van der Waals surface area contributed by atoms with E-state index in [0.29, 0.717) is 0 Å². The van der Waals surface area contributed by atoms with Gasteiger partial charge >= 0.3 is 5.97 Å². The summed E-state index contributed by atoms with van der Waals surface area (Å²) in [6, 6.07) is 5.38. The molecule has 0 atom stereocenters. The lowest BCUT2D eigenvalue weighted by Gasteiger charge is -2.20. The van der Waals surface area contributed by atoms with Gasteiger partial charge in [0.1, 0.15) is 12.1 Å². The van der Waals surface area contributed by atoms with Crippen LogP contribution in [0.2, 0.25) is 0 Å². The molecule has 2 aromatic rings. The number of esters is 1. The summed E-state index contributed by atoms with van der Waals surface area (Å²) in [5, 5.41) is 0. The Kier molecular flexibility index (Phi) is 6.02. The molecule has 0 fully saturated rings. The molecule has 128 valence electrons. The summed E-state index contributed by atoms with van der Waals surface area (Å²) in [7, 11) is 2.74. The van der Waals surface area contributed by atoms with E-state index in [1.54, 1.807) is 0 Å². The largest absolute Gasteiger partial charge is 0.464 e. The molecule has 24 heavy (non-hydrogen) atoms. The van der Waals surface area contributed by atoms with Crippen molar-refractivity contribution in [3.63, 3.8) is 0 Å². The standard InChI is InChI=1S/C16H17FN2O5/c1-22-7-6-19(15(20)11-4-3-5-12(17)8-11)9-14-18-13(10-24-14)16(21)23-2/h3-5,8,10H,6-7,9H2,1-2H3. The number of aromatic nitrogens is 1. The highest BCUT2D eigenvalue weighted by atomic mass is 19.1. The summed E-state index contributed by atoms with van der Waals surface area (Å²) >= 11 is 0. The van der Waals surface area contributed by atoms with E-state index in [-0.39, 0.29) is 36.8 Å². The molecule has 1 heterocycles. The van der Waals surface area contributed by atoms with Crippen LogP contribution in [0.15, 0.2) is 34.9 Å². The van der Waals surface area contributed by atoms with Gasteiger partial charge < -0.3 is 18.8 Å². The lowest BCUT2D eigenvalue weighted by atomic mass is 10.2. The van der Waals surface area contributed by atoms with Crippen molar-refractivity contribution < 1.29 is 27.9 Å². The summed E-state index contributed by atoms with van der Waals surface area (Å²) in [5.74, 6) is -1.37. The number of benzene rings is 1. The van der Waals surface area contributed by atoms with Crippen LogP contribution in [0, 0.1) is 5.82 Å². The molecule has 0 aliphatic rings. The van der Waals surface area contributed by atoms with E-state index in [9.17, 15) is 14.0 Å². The maximum Gasteiger partial charge on any atom is 0.360 e. The number of ether oxygens (including phenoxy) is 2. The molecule has 1 aromatic heterocycles. The van der Waals surface area contributed by atoms with Gasteiger partial charge in [-0.2, -0.15) is 0 Å². The zero-order valence-electron chi connectivity index (χ0n) is 13.3. The molecule has 0 saturated heterocycles. The van der Waals surface area contributed by atoms with Crippen LogP contribution in [0.25, 0.3) is 0 Å². The molecule has 0 saturated carbocycles. The number of oxazole rings is 1. The highest BCUT2D eigenvalue weighted by Gasteiger charge is 2.20. The third-order valence-electron chi connectivity index (χ3n) is 3.20. The lowest BCUT2D eigenvalue weighted by molar-refractivity contribution is 0.0594. The molecule has 8 heteroatoms. The molecular formula is C16H17FN2O5. The molecule has 2 rings (SSSR count). The minimum absolute atomic E-state index is 0.00962. The molecular weight excluding hydrogens is 319 g/mol. The average Bonchev–Trinajstić information content (AvgIpc) is 3.05. The Labute approximate surface area is 138 Å². The van der Waals surface area contributed by atoms with Crippen molar-refractivity contribution in [3.8, 4) is 0 Å². The van der Waals surface area contributed by atoms with E-state index in [1.165, 1.54) is 37.3 Å². The highest BCUT2D eigenvalue weighted by Crippen LogP contribution is 2.12. The van der Waals surface area contributed by atoms with Gasteiger partial charge in [-0.15, -0.1) is 0 Å². The van der Waals surface area contributed by atoms with Crippen molar-refractivity contribution in [1.82, 2.24) is 9.88 Å². The fourth-order valence-electron chi connectivity index (χ4n) is 2.00. The van der Waals surface area contributed by atoms with Gasteiger partial charge in [0.15, 0.2) is 5.69 Å². The van der Waals surface area contributed by atoms with Gasteiger partial charge in [0, 0.05) is 19.2 Å². The third kappa shape index (κ3) is 4.39. The van der Waals surface area contributed by atoms with Gasteiger partial charge in [0.2, 0.25) is 5.89 Å². The van der Waals surface area contributed by atoms with Crippen molar-refractivity contribution in [2.75, 3.05) is 27.4 Å². The van der Waals surface area contributed by atoms with Crippen LogP contribution in [0.4, 0.5) is 4.39 Å². The number of amides is 1. The van der Waals surface area contributed by atoms with E-state index in [2.05, 4.69) is 9.72 Å². The second kappa shape index (κ2) is 8.21. The number of carbonyl (C=O) groups is 2. The summed E-state index contributed by atoms with van der Waals surface area (Å²) in [5.41, 5.74) is 0.211. The van der Waals surface area contributed by atoms with Crippen LogP contribution in [-0.2, 0) is 16.0 Å². The van der Waals surface area contributed by atoms with Gasteiger partial charge in [0.25, 0.3) is 5.91 Å². The highest BCUT2D eigenvalue weighted by molar-refractivity contribution is 5.94. The van der Waals surface area contributed by atoms with E-state index in [0.717, 1.165) is 12.3 Å². The summed E-state index contributed by atoms with van der Waals surface area (Å²) in [6.45, 7) is 0.545. The second-order valence-corrected chi connectivity index (χ2v) is 4.85. The molecule has 0 bridgehead atoms. The SMILES string of the molecule is COCCN(Cc1nc(C(=O)OC)co1)C(=O)c1cccc(F)c1. The molecule has 7 nitrogen and oxygen atoms in total. The van der Waals surface area contributed by atoms with Gasteiger partial charge in [0.05, 0.1) is 20.3 Å². The summed E-state index contributed by atoms with van der Waals surface area (Å²) in [4.78, 5) is 29.3. The number of methoxy groups -OCH3 is 2. The van der Waals surface area contributed by atoms with Gasteiger partial charge in [-0.25, -0.2) is 14.2 Å². The minimum Gasteiger partial charge on any atom is -0.464 e. The Morgan fingerprint density at radius 2 is 2.12 bits per heavy atom. The Morgan fingerprint density at radius 3 is 2.79 bits per heavy atom. The first-order valence-electron chi connectivity index (χ1n) is 7.11. The average molecular weight is 336 g/mol. The predicted molar refractivity (Wildman–Crippen MR) is 80.9 cm³/mol. The molecule has 0 spiro atoms. The van der Waals surface area contributed by atoms with Crippen molar-refractivity contribution in [1.29, 1.82) is 0 Å². The second-order valence-electron chi connectivity index (χ2n) is 4.85. The summed E-state index contributed by atoms with van der Waals surface area (Å²) < 4.78 is 28.0. The molecule has 0 aliphatic heterocycles. The van der Waals surface area contributed by atoms with Gasteiger partial charge in [-0.1, -0.05) is 6.07 Å². The molecule has 1 aromatic carbocycles. The topological polar surface area (TPSA) is 81.9 Å². The van der Waals surface area contributed by atoms with Crippen molar-refractivity contribution in [2.45, 2.75) is 6.54 Å². The molecule has 0 radical (unpaired) electrons. The van der Waals surface area contributed by atoms with Crippen LogP contribution in [0.3, 0.4) is 0 Å². The monoisotopic (exact) mass is 336 g/mol. The number of hydrogen-bond donors (Lipinski definition) is 0. The van der Waals surface area contributed by atoms with Crippen LogP contribution in [-0.4, -0.2) is 49.1 Å². The number of nitrogens with zero attached hydrogens (tertiary/aromatic N) is 2. The maximum atomic E-state index is 13.3. The van der Waals surface area contributed by atoms with Crippen molar-refractivity contribution in [3.05, 3.63) is 53.5 Å². The number of rotatable bonds is 7. The Morgan fingerprint density at radius 1 is 1.33 bits per heavy atom. The Hall–Kier alpha value is -2.74. The quantitative estimate of drug-likeness (QED) is 0.718. The maximum absolute atomic E-state index is 13.3. The number of halogens is 1. The van der Waals surface area contributed by atoms with E-state index in [4.69, 9.17) is 9.15 Å². The van der Waals surface area contributed by atoms with Gasteiger partial charge in [-0.05, 0) is 18.2 Å². The first-order valence-corrected chi connectivity index (χ1v) is 7.11. The van der Waals surface area contributed by atoms with Crippen LogP contribution >= 0.6 is 0 Å². The van der Waals surface area contributed by atoms with Crippen LogP contribution in [0.1, 0.15) is 26.7 Å². The summed E-state index contributed by atoms with van der Waals surface area (Å²) in [6.07, 6.45) is 1.16. The number of hydrogen-bond acceptors (Lipinski definition) is 6. The van der Waals surface area contributed by atoms with Crippen molar-refractivity contribution >= 4 is 11.9 Å². The first kappa shape index (κ1) is 17.6. The Bertz CT molecular complexity index is 716. The molecule has 0 unspecified atom stereocenters. The van der Waals surface area contributed by atoms with Gasteiger partial charge in [-0.3, -0.25) is 4.79 Å². The zero-order valence-corrected chi connectivity index (χ0v) is 13.3. The molecule has 1 amide bonds. The normalized spacial score (nSPS) is 10.5. The van der Waals surface area contributed by atoms with E-state index < -0.39 is 17.7 Å². The Balaban J connectivity index is 2.17. The van der Waals surface area contributed by atoms with E-state index >= 15 is 0 Å². The first-order chi connectivity index (χ1) is 11.5. The molecule has 0 aliphatic carbocycles. The minimum atomic E-state index is -0.634. The zero-order chi connectivity index (χ0) is 17.5. The fourth-order valence-corrected chi connectivity index (χ4v) is 2.00. The van der Waals surface area contributed by atoms with E-state index in [1.807, 2.05) is 0 Å². The van der Waals surface area contributed by atoms with Crippen molar-refractivity contribution in [2.24, 2.45) is 0 Å². The third-order valence-corrected chi connectivity index (χ3v) is 3.20. The smallest absolute Gasteiger partial charge is 0.360 e.